The molecule has 3 aromatic rings. The minimum Gasteiger partial charge on any atom is -0.497 e. The highest BCUT2D eigenvalue weighted by molar-refractivity contribution is 7.89. The van der Waals surface area contributed by atoms with Gasteiger partial charge in [-0.05, 0) is 48.7 Å². The topological polar surface area (TPSA) is 123 Å². The van der Waals surface area contributed by atoms with Crippen molar-refractivity contribution < 1.29 is 17.9 Å². The first-order valence-electron chi connectivity index (χ1n) is 10.8. The smallest absolute Gasteiger partial charge is 0.276 e. The monoisotopic (exact) mass is 481 g/mol. The van der Waals surface area contributed by atoms with E-state index in [1.807, 2.05) is 0 Å². The maximum absolute atomic E-state index is 13.3. The van der Waals surface area contributed by atoms with Gasteiger partial charge in [-0.15, -0.1) is 0 Å². The number of piperidine rings is 1. The number of carbonyl (C=O) groups excluding carboxylic acids is 1. The van der Waals surface area contributed by atoms with Gasteiger partial charge in [0.2, 0.25) is 10.0 Å². The van der Waals surface area contributed by atoms with Gasteiger partial charge in [0.05, 0.1) is 18.2 Å². The van der Waals surface area contributed by atoms with E-state index in [9.17, 15) is 18.0 Å². The largest absolute Gasteiger partial charge is 0.497 e. The van der Waals surface area contributed by atoms with Gasteiger partial charge in [-0.2, -0.15) is 4.31 Å². The van der Waals surface area contributed by atoms with Crippen LogP contribution in [0.1, 0.15) is 28.5 Å². The van der Waals surface area contributed by atoms with Gasteiger partial charge in [0, 0.05) is 43.6 Å². The van der Waals surface area contributed by atoms with Crippen LogP contribution >= 0.6 is 0 Å². The van der Waals surface area contributed by atoms with Crippen LogP contribution < -0.4 is 15.6 Å². The molecular formula is C23H23N5O5S. The molecule has 2 atom stereocenters. The second-order valence-electron chi connectivity index (χ2n) is 8.43. The zero-order valence-electron chi connectivity index (χ0n) is 18.4. The van der Waals surface area contributed by atoms with E-state index in [4.69, 9.17) is 4.74 Å². The van der Waals surface area contributed by atoms with Crippen LogP contribution in [0.5, 0.6) is 5.75 Å². The van der Waals surface area contributed by atoms with Crippen molar-refractivity contribution in [2.45, 2.75) is 23.8 Å². The van der Waals surface area contributed by atoms with Gasteiger partial charge in [-0.3, -0.25) is 14.6 Å². The van der Waals surface area contributed by atoms with Crippen LogP contribution in [0.2, 0.25) is 0 Å². The standard InChI is InChI=1S/C23H23N5O5S/c1-33-17-2-4-18(5-3-17)34(31,32)27-12-15-10-16(14-27)21-7-6-19(23(30)28(21)13-15)26-22(29)20-11-24-8-9-25-20/h2-9,11,15-16H,10,12-14H2,1H3,(H,26,29). The van der Waals surface area contributed by atoms with Crippen LogP contribution in [-0.4, -0.2) is 53.4 Å². The maximum Gasteiger partial charge on any atom is 0.276 e. The number of methoxy groups -OCH3 is 1. The van der Waals surface area contributed by atoms with Crippen molar-refractivity contribution in [2.24, 2.45) is 5.92 Å². The maximum atomic E-state index is 13.3. The summed E-state index contributed by atoms with van der Waals surface area (Å²) in [7, 11) is -2.15. The molecule has 2 aliphatic heterocycles. The van der Waals surface area contributed by atoms with Crippen LogP contribution in [0.15, 0.2) is 64.7 Å². The zero-order valence-corrected chi connectivity index (χ0v) is 19.2. The van der Waals surface area contributed by atoms with Gasteiger partial charge < -0.3 is 14.6 Å². The number of pyridine rings is 1. The molecule has 176 valence electrons. The van der Waals surface area contributed by atoms with E-state index in [1.54, 1.807) is 41.0 Å². The van der Waals surface area contributed by atoms with E-state index in [-0.39, 0.29) is 40.2 Å². The summed E-state index contributed by atoms with van der Waals surface area (Å²) in [4.78, 5) is 33.6. The molecule has 1 N–H and O–H groups in total. The number of nitrogens with one attached hydrogen (secondary N) is 1. The molecule has 11 heteroatoms. The number of benzene rings is 1. The van der Waals surface area contributed by atoms with E-state index >= 15 is 0 Å². The first kappa shape index (κ1) is 22.2. The first-order chi connectivity index (χ1) is 16.4. The van der Waals surface area contributed by atoms with Crippen molar-refractivity contribution in [3.05, 3.63) is 76.7 Å². The predicted octanol–water partition coefficient (Wildman–Crippen LogP) is 1.71. The summed E-state index contributed by atoms with van der Waals surface area (Å²) in [5.41, 5.74) is 0.729. The lowest BCUT2D eigenvalue weighted by atomic mass is 9.84. The van der Waals surface area contributed by atoms with Crippen molar-refractivity contribution in [1.29, 1.82) is 0 Å². The fraction of sp³-hybridized carbons (Fsp3) is 0.304. The molecule has 0 spiro atoms. The number of ether oxygens (including phenoxy) is 1. The third kappa shape index (κ3) is 3.97. The third-order valence-corrected chi connectivity index (χ3v) is 8.16. The first-order valence-corrected chi connectivity index (χ1v) is 12.3. The summed E-state index contributed by atoms with van der Waals surface area (Å²) < 4.78 is 34.8. The fourth-order valence-electron chi connectivity index (χ4n) is 4.69. The van der Waals surface area contributed by atoms with Gasteiger partial charge in [0.1, 0.15) is 17.1 Å². The highest BCUT2D eigenvalue weighted by Gasteiger charge is 2.39. The molecule has 2 bridgehead atoms. The van der Waals surface area contributed by atoms with Crippen molar-refractivity contribution in [2.75, 3.05) is 25.5 Å². The number of hydrogen-bond acceptors (Lipinski definition) is 7. The minimum absolute atomic E-state index is 0.0112. The van der Waals surface area contributed by atoms with Gasteiger partial charge in [0.15, 0.2) is 0 Å². The number of sulfonamides is 1. The molecule has 4 heterocycles. The molecule has 1 amide bonds. The number of carbonyl (C=O) groups is 1. The molecule has 2 unspecified atom stereocenters. The SMILES string of the molecule is COc1ccc(S(=O)(=O)N2CC3CC(C2)c2ccc(NC(=O)c4cnccn4)c(=O)n2C3)cc1. The molecular weight excluding hydrogens is 458 g/mol. The summed E-state index contributed by atoms with van der Waals surface area (Å²) in [6, 6.07) is 9.70. The Kier molecular flexibility index (Phi) is 5.66. The molecule has 0 aliphatic carbocycles. The number of fused-ring (bicyclic) bond motifs is 4. The Morgan fingerprint density at radius 3 is 2.59 bits per heavy atom. The number of amides is 1. The molecule has 2 aromatic heterocycles. The Morgan fingerprint density at radius 1 is 1.09 bits per heavy atom. The predicted molar refractivity (Wildman–Crippen MR) is 123 cm³/mol. The Labute approximate surface area is 196 Å². The lowest BCUT2D eigenvalue weighted by molar-refractivity contribution is 0.102. The second kappa shape index (κ2) is 8.65. The molecule has 34 heavy (non-hydrogen) atoms. The molecule has 0 radical (unpaired) electrons. The summed E-state index contributed by atoms with van der Waals surface area (Å²) >= 11 is 0. The van der Waals surface area contributed by atoms with Gasteiger partial charge in [0.25, 0.3) is 11.5 Å². The molecule has 10 nitrogen and oxygen atoms in total. The third-order valence-electron chi connectivity index (χ3n) is 6.31. The van der Waals surface area contributed by atoms with Crippen molar-refractivity contribution >= 4 is 21.6 Å². The van der Waals surface area contributed by atoms with Crippen LogP contribution in [0.4, 0.5) is 5.69 Å². The number of hydrogen-bond donors (Lipinski definition) is 1. The van der Waals surface area contributed by atoms with Crippen molar-refractivity contribution in [3.8, 4) is 5.75 Å². The number of nitrogens with zero attached hydrogens (tertiary/aromatic N) is 4. The van der Waals surface area contributed by atoms with Crippen molar-refractivity contribution in [1.82, 2.24) is 18.8 Å². The Hall–Kier alpha value is -3.57. The van der Waals surface area contributed by atoms with Crippen LogP contribution in [-0.2, 0) is 16.6 Å². The summed E-state index contributed by atoms with van der Waals surface area (Å²) in [6.07, 6.45) is 5.00. The van der Waals surface area contributed by atoms with E-state index in [2.05, 4.69) is 15.3 Å². The molecule has 0 saturated carbocycles. The number of rotatable bonds is 5. The summed E-state index contributed by atoms with van der Waals surface area (Å²) in [6.45, 7) is 0.997. The van der Waals surface area contributed by atoms with Crippen LogP contribution in [0, 0.1) is 5.92 Å². The average molecular weight is 482 g/mol. The number of anilines is 1. The van der Waals surface area contributed by atoms with Crippen molar-refractivity contribution in [3.63, 3.8) is 0 Å². The highest BCUT2D eigenvalue weighted by Crippen LogP contribution is 2.37. The quantitative estimate of drug-likeness (QED) is 0.588. The molecule has 1 fully saturated rings. The fourth-order valence-corrected chi connectivity index (χ4v) is 6.25. The lowest BCUT2D eigenvalue weighted by Gasteiger charge is -2.42. The Bertz CT molecular complexity index is 1390. The second-order valence-corrected chi connectivity index (χ2v) is 10.4. The minimum atomic E-state index is -3.68. The van der Waals surface area contributed by atoms with E-state index in [0.717, 1.165) is 12.1 Å². The van der Waals surface area contributed by atoms with E-state index in [1.165, 1.54) is 30.0 Å². The highest BCUT2D eigenvalue weighted by atomic mass is 32.2. The summed E-state index contributed by atoms with van der Waals surface area (Å²) in [5, 5.41) is 2.61. The Balaban J connectivity index is 1.39. The van der Waals surface area contributed by atoms with Gasteiger partial charge >= 0.3 is 0 Å². The van der Waals surface area contributed by atoms with Gasteiger partial charge in [-0.1, -0.05) is 0 Å². The zero-order chi connectivity index (χ0) is 23.9. The van der Waals surface area contributed by atoms with Gasteiger partial charge in [-0.25, -0.2) is 13.4 Å². The molecule has 1 aromatic carbocycles. The van der Waals surface area contributed by atoms with Crippen LogP contribution in [0.3, 0.4) is 0 Å². The molecule has 5 rings (SSSR count). The lowest BCUT2D eigenvalue weighted by Crippen LogP contribution is -2.49. The summed E-state index contributed by atoms with van der Waals surface area (Å²) in [5.74, 6) is -0.0515. The molecule has 1 saturated heterocycles. The Morgan fingerprint density at radius 2 is 1.88 bits per heavy atom. The van der Waals surface area contributed by atoms with E-state index < -0.39 is 15.9 Å². The average Bonchev–Trinajstić information content (AvgIpc) is 2.86. The van der Waals surface area contributed by atoms with Crippen LogP contribution in [0.25, 0.3) is 0 Å². The number of aromatic nitrogens is 3. The normalized spacial score (nSPS) is 19.8. The van der Waals surface area contributed by atoms with E-state index in [0.29, 0.717) is 18.8 Å². The molecule has 2 aliphatic rings.